The minimum Gasteiger partial charge on any atom is -0.459 e. The number of esters is 1. The van der Waals surface area contributed by atoms with E-state index < -0.39 is 0 Å². The molecule has 0 amide bonds. The Morgan fingerprint density at radius 2 is 2.22 bits per heavy atom. The summed E-state index contributed by atoms with van der Waals surface area (Å²) in [6.07, 6.45) is 0.833. The van der Waals surface area contributed by atoms with Gasteiger partial charge >= 0.3 is 5.97 Å². The van der Waals surface area contributed by atoms with Crippen molar-refractivity contribution in [1.29, 1.82) is 0 Å². The smallest absolute Gasteiger partial charge is 0.303 e. The van der Waals surface area contributed by atoms with Crippen LogP contribution in [0.3, 0.4) is 0 Å². The Kier molecular flexibility index (Phi) is 4.10. The predicted molar refractivity (Wildman–Crippen MR) is 35.5 cm³/mol. The van der Waals surface area contributed by atoms with Crippen LogP contribution in [0.25, 0.3) is 0 Å². The maximum Gasteiger partial charge on any atom is 0.303 e. The van der Waals surface area contributed by atoms with E-state index in [2.05, 4.69) is 18.6 Å². The van der Waals surface area contributed by atoms with Crippen molar-refractivity contribution in [3.05, 3.63) is 6.61 Å². The molecular formula is C7H13O2. The number of carbonyl (C=O) groups excluding carboxylic acids is 1. The third kappa shape index (κ3) is 7.47. The van der Waals surface area contributed by atoms with Gasteiger partial charge in [-0.25, -0.2) is 0 Å². The molecule has 0 atom stereocenters. The van der Waals surface area contributed by atoms with Gasteiger partial charge in [0.05, 0.1) is 0 Å². The topological polar surface area (TPSA) is 26.3 Å². The molecule has 0 aliphatic rings. The standard InChI is InChI=1S/C7H13O2/c1-6(2)4-5-9-7(3)8/h5-6H,4H2,1-3H3. The monoisotopic (exact) mass is 129 g/mol. The zero-order valence-corrected chi connectivity index (χ0v) is 6.18. The second-order valence-electron chi connectivity index (χ2n) is 2.41. The van der Waals surface area contributed by atoms with Crippen LogP contribution in [-0.2, 0) is 9.53 Å². The molecule has 9 heavy (non-hydrogen) atoms. The molecular weight excluding hydrogens is 116 g/mol. The van der Waals surface area contributed by atoms with Crippen LogP contribution in [0.1, 0.15) is 27.2 Å². The van der Waals surface area contributed by atoms with Gasteiger partial charge in [-0.3, -0.25) is 4.79 Å². The molecule has 0 saturated carbocycles. The lowest BCUT2D eigenvalue weighted by atomic mass is 10.1. The highest BCUT2D eigenvalue weighted by molar-refractivity contribution is 5.66. The van der Waals surface area contributed by atoms with E-state index in [0.717, 1.165) is 6.42 Å². The van der Waals surface area contributed by atoms with E-state index in [1.54, 1.807) is 6.61 Å². The van der Waals surface area contributed by atoms with Crippen molar-refractivity contribution in [2.24, 2.45) is 5.92 Å². The van der Waals surface area contributed by atoms with E-state index in [1.165, 1.54) is 6.92 Å². The average Bonchev–Trinajstić information content (AvgIpc) is 1.63. The molecule has 0 heterocycles. The first kappa shape index (κ1) is 8.47. The van der Waals surface area contributed by atoms with Crippen LogP contribution in [-0.4, -0.2) is 5.97 Å². The minimum atomic E-state index is -0.240. The molecule has 0 aromatic carbocycles. The lowest BCUT2D eigenvalue weighted by molar-refractivity contribution is -0.137. The van der Waals surface area contributed by atoms with Gasteiger partial charge in [-0.05, 0) is 12.3 Å². The first-order valence-electron chi connectivity index (χ1n) is 3.12. The number of hydrogen-bond acceptors (Lipinski definition) is 2. The highest BCUT2D eigenvalue weighted by atomic mass is 16.5. The summed E-state index contributed by atoms with van der Waals surface area (Å²) < 4.78 is 4.59. The molecule has 0 spiro atoms. The van der Waals surface area contributed by atoms with Gasteiger partial charge in [-0.2, -0.15) is 0 Å². The fourth-order valence-corrected chi connectivity index (χ4v) is 0.358. The van der Waals surface area contributed by atoms with Gasteiger partial charge < -0.3 is 4.74 Å². The van der Waals surface area contributed by atoms with Crippen molar-refractivity contribution in [2.75, 3.05) is 0 Å². The fraction of sp³-hybridized carbons (Fsp3) is 0.714. The molecule has 1 radical (unpaired) electrons. The highest BCUT2D eigenvalue weighted by Crippen LogP contribution is 2.02. The van der Waals surface area contributed by atoms with E-state index in [1.807, 2.05) is 0 Å². The number of rotatable bonds is 3. The van der Waals surface area contributed by atoms with Crippen molar-refractivity contribution in [1.82, 2.24) is 0 Å². The van der Waals surface area contributed by atoms with Crippen LogP contribution in [0, 0.1) is 12.5 Å². The third-order valence-corrected chi connectivity index (χ3v) is 0.817. The quantitative estimate of drug-likeness (QED) is 0.543. The first-order chi connectivity index (χ1) is 4.13. The van der Waals surface area contributed by atoms with Crippen LogP contribution >= 0.6 is 0 Å². The molecule has 53 valence electrons. The lowest BCUT2D eigenvalue weighted by Gasteiger charge is -2.01. The Bertz CT molecular complexity index is 86.9. The van der Waals surface area contributed by atoms with Crippen LogP contribution in [0.15, 0.2) is 0 Å². The van der Waals surface area contributed by atoms with Crippen molar-refractivity contribution in [2.45, 2.75) is 27.2 Å². The van der Waals surface area contributed by atoms with E-state index in [9.17, 15) is 4.79 Å². The summed E-state index contributed by atoms with van der Waals surface area (Å²) in [6.45, 7) is 7.09. The molecule has 0 fully saturated rings. The van der Waals surface area contributed by atoms with Crippen molar-refractivity contribution in [3.63, 3.8) is 0 Å². The van der Waals surface area contributed by atoms with E-state index >= 15 is 0 Å². The molecule has 0 aromatic heterocycles. The first-order valence-corrected chi connectivity index (χ1v) is 3.12. The van der Waals surface area contributed by atoms with Gasteiger partial charge in [-0.15, -0.1) is 0 Å². The Hall–Kier alpha value is -0.530. The van der Waals surface area contributed by atoms with Crippen molar-refractivity contribution in [3.8, 4) is 0 Å². The maximum absolute atomic E-state index is 10.2. The van der Waals surface area contributed by atoms with Gasteiger partial charge in [0.25, 0.3) is 0 Å². The molecule has 2 heteroatoms. The summed E-state index contributed by atoms with van der Waals surface area (Å²) >= 11 is 0. The zero-order chi connectivity index (χ0) is 7.28. The van der Waals surface area contributed by atoms with Crippen molar-refractivity contribution >= 4 is 5.97 Å². The fourth-order valence-electron chi connectivity index (χ4n) is 0.358. The predicted octanol–water partition coefficient (Wildman–Crippen LogP) is 1.76. The van der Waals surface area contributed by atoms with Gasteiger partial charge in [-0.1, -0.05) is 13.8 Å². The molecule has 2 nitrogen and oxygen atoms in total. The summed E-state index contributed by atoms with van der Waals surface area (Å²) in [5, 5.41) is 0. The summed E-state index contributed by atoms with van der Waals surface area (Å²) in [6, 6.07) is 0. The second kappa shape index (κ2) is 4.36. The Morgan fingerprint density at radius 3 is 2.56 bits per heavy atom. The third-order valence-electron chi connectivity index (χ3n) is 0.817. The summed E-state index contributed by atoms with van der Waals surface area (Å²) in [7, 11) is 0. The molecule has 0 unspecified atom stereocenters. The number of hydrogen-bond donors (Lipinski definition) is 0. The Labute approximate surface area is 56.2 Å². The maximum atomic E-state index is 10.2. The molecule has 0 saturated heterocycles. The summed E-state index contributed by atoms with van der Waals surface area (Å²) in [5.74, 6) is 0.319. The van der Waals surface area contributed by atoms with E-state index in [0.29, 0.717) is 5.92 Å². The molecule has 0 bridgehead atoms. The zero-order valence-electron chi connectivity index (χ0n) is 6.18. The molecule has 0 N–H and O–H groups in total. The van der Waals surface area contributed by atoms with Gasteiger partial charge in [0, 0.05) is 6.92 Å². The van der Waals surface area contributed by atoms with E-state index in [4.69, 9.17) is 0 Å². The Balaban J connectivity index is 3.01. The SMILES string of the molecule is CC(=O)O[CH]CC(C)C. The van der Waals surface area contributed by atoms with Gasteiger partial charge in [0.1, 0.15) is 6.61 Å². The van der Waals surface area contributed by atoms with Gasteiger partial charge in [0.15, 0.2) is 0 Å². The Morgan fingerprint density at radius 1 is 1.67 bits per heavy atom. The van der Waals surface area contributed by atoms with Crippen molar-refractivity contribution < 1.29 is 9.53 Å². The molecule has 0 aliphatic carbocycles. The highest BCUT2D eigenvalue weighted by Gasteiger charge is 1.96. The largest absolute Gasteiger partial charge is 0.459 e. The average molecular weight is 129 g/mol. The van der Waals surface area contributed by atoms with Crippen LogP contribution in [0.2, 0.25) is 0 Å². The normalized spacial score (nSPS) is 9.78. The minimum absolute atomic E-state index is 0.240. The number of ether oxygens (including phenoxy) is 1. The molecule has 0 aromatic rings. The van der Waals surface area contributed by atoms with Crippen LogP contribution < -0.4 is 0 Å². The van der Waals surface area contributed by atoms with E-state index in [-0.39, 0.29) is 5.97 Å². The summed E-state index contributed by atoms with van der Waals surface area (Å²) in [5.41, 5.74) is 0. The lowest BCUT2D eigenvalue weighted by Crippen LogP contribution is -1.97. The van der Waals surface area contributed by atoms with Crippen LogP contribution in [0.4, 0.5) is 0 Å². The molecule has 0 aliphatic heterocycles. The number of carbonyl (C=O) groups is 1. The van der Waals surface area contributed by atoms with Gasteiger partial charge in [0.2, 0.25) is 0 Å². The van der Waals surface area contributed by atoms with Crippen LogP contribution in [0.5, 0.6) is 0 Å². The molecule has 0 rings (SSSR count). The second-order valence-corrected chi connectivity index (χ2v) is 2.41. The summed E-state index contributed by atoms with van der Waals surface area (Å²) in [4.78, 5) is 10.2.